The number of rotatable bonds is 4. The molecule has 7 nitrogen and oxygen atoms in total. The number of aromatic nitrogens is 2. The Bertz CT molecular complexity index is 540. The molecule has 0 radical (unpaired) electrons. The lowest BCUT2D eigenvalue weighted by Gasteiger charge is -2.21. The van der Waals surface area contributed by atoms with Gasteiger partial charge in [-0.15, -0.1) is 11.8 Å². The van der Waals surface area contributed by atoms with Crippen LogP contribution in [0.1, 0.15) is 37.8 Å². The molecule has 0 aliphatic carbocycles. The van der Waals surface area contributed by atoms with Crippen molar-refractivity contribution < 1.29 is 19.8 Å². The molecule has 2 fully saturated rings. The second-order valence-electron chi connectivity index (χ2n) is 5.68. The Morgan fingerprint density at radius 3 is 2.65 bits per heavy atom. The zero-order valence-electron chi connectivity index (χ0n) is 13.0. The van der Waals surface area contributed by atoms with Crippen LogP contribution >= 0.6 is 23.5 Å². The molecular formula is C14H21N3O4S2. The van der Waals surface area contributed by atoms with Crippen LogP contribution < -0.4 is 0 Å². The highest BCUT2D eigenvalue weighted by atomic mass is 32.2. The van der Waals surface area contributed by atoms with Crippen LogP contribution in [-0.2, 0) is 9.59 Å². The van der Waals surface area contributed by atoms with Crippen LogP contribution in [0.25, 0.3) is 0 Å². The normalized spacial score (nSPS) is 25.5. The summed E-state index contributed by atoms with van der Waals surface area (Å²) in [4.78, 5) is 20.8. The largest absolute Gasteiger partial charge is 0.473 e. The van der Waals surface area contributed by atoms with Gasteiger partial charge in [0.2, 0.25) is 0 Å². The van der Waals surface area contributed by atoms with Crippen molar-refractivity contribution in [2.24, 2.45) is 5.92 Å². The molecule has 9 heteroatoms. The van der Waals surface area contributed by atoms with Crippen molar-refractivity contribution in [3.8, 4) is 0 Å². The van der Waals surface area contributed by atoms with Crippen LogP contribution in [0, 0.1) is 5.92 Å². The summed E-state index contributed by atoms with van der Waals surface area (Å²) < 4.78 is 9.08. The fourth-order valence-electron chi connectivity index (χ4n) is 3.04. The fourth-order valence-corrected chi connectivity index (χ4v) is 4.66. The van der Waals surface area contributed by atoms with E-state index in [1.807, 2.05) is 11.8 Å². The number of hydrogen-bond acceptors (Lipinski definition) is 7. The number of hydrogen-bond donors (Lipinski definition) is 2. The predicted molar refractivity (Wildman–Crippen MR) is 88.1 cm³/mol. The molecular weight excluding hydrogens is 338 g/mol. The lowest BCUT2D eigenvalue weighted by Crippen LogP contribution is -2.25. The first-order valence-electron chi connectivity index (χ1n) is 7.66. The maximum Gasteiger partial charge on any atom is 0.414 e. The summed E-state index contributed by atoms with van der Waals surface area (Å²) in [5.74, 6) is -0.978. The van der Waals surface area contributed by atoms with Crippen LogP contribution in [0.15, 0.2) is 5.03 Å². The Morgan fingerprint density at radius 1 is 1.30 bits per heavy atom. The van der Waals surface area contributed by atoms with Gasteiger partial charge in [0.1, 0.15) is 5.03 Å². The molecule has 128 valence electrons. The molecule has 2 aliphatic rings. The van der Waals surface area contributed by atoms with E-state index in [1.165, 1.54) is 67.1 Å². The maximum atomic E-state index is 9.10. The number of aliphatic carboxylic acids is 2. The third-order valence-corrected chi connectivity index (χ3v) is 5.87. The van der Waals surface area contributed by atoms with Crippen molar-refractivity contribution in [3.05, 3.63) is 5.69 Å². The molecule has 2 aliphatic heterocycles. The van der Waals surface area contributed by atoms with Gasteiger partial charge < -0.3 is 15.1 Å². The van der Waals surface area contributed by atoms with Crippen molar-refractivity contribution in [1.29, 1.82) is 0 Å². The molecule has 1 unspecified atom stereocenters. The van der Waals surface area contributed by atoms with Crippen LogP contribution in [-0.4, -0.2) is 61.2 Å². The van der Waals surface area contributed by atoms with E-state index in [2.05, 4.69) is 20.6 Å². The van der Waals surface area contributed by atoms with Crippen molar-refractivity contribution in [2.75, 3.05) is 25.4 Å². The lowest BCUT2D eigenvalue weighted by molar-refractivity contribution is -0.159. The zero-order chi connectivity index (χ0) is 16.8. The van der Waals surface area contributed by atoms with Gasteiger partial charge in [0.05, 0.1) is 17.4 Å². The number of nitrogens with zero attached hydrogens (tertiary/aromatic N) is 3. The van der Waals surface area contributed by atoms with Crippen molar-refractivity contribution in [2.45, 2.75) is 37.1 Å². The summed E-state index contributed by atoms with van der Waals surface area (Å²) in [5, 5.41) is 16.0. The Kier molecular flexibility index (Phi) is 6.79. The van der Waals surface area contributed by atoms with Gasteiger partial charge in [-0.3, -0.25) is 0 Å². The van der Waals surface area contributed by atoms with E-state index in [-0.39, 0.29) is 0 Å². The highest BCUT2D eigenvalue weighted by Crippen LogP contribution is 2.41. The first-order chi connectivity index (χ1) is 11.0. The van der Waals surface area contributed by atoms with E-state index in [9.17, 15) is 0 Å². The van der Waals surface area contributed by atoms with Crippen LogP contribution in [0.2, 0.25) is 0 Å². The molecule has 0 saturated carbocycles. The molecule has 3 rings (SSSR count). The van der Waals surface area contributed by atoms with Crippen LogP contribution in [0.5, 0.6) is 0 Å². The van der Waals surface area contributed by atoms with E-state index in [4.69, 9.17) is 19.8 Å². The Hall–Kier alpha value is -1.19. The van der Waals surface area contributed by atoms with Gasteiger partial charge in [0.25, 0.3) is 0 Å². The van der Waals surface area contributed by atoms with Crippen molar-refractivity contribution in [1.82, 2.24) is 13.6 Å². The van der Waals surface area contributed by atoms with Gasteiger partial charge in [0, 0.05) is 19.0 Å². The number of carbonyl (C=O) groups is 2. The Labute approximate surface area is 143 Å². The molecule has 3 heterocycles. The van der Waals surface area contributed by atoms with Crippen LogP contribution in [0.3, 0.4) is 0 Å². The number of carboxylic acid groups (broad SMARTS) is 2. The lowest BCUT2D eigenvalue weighted by atomic mass is 9.89. The molecule has 1 aromatic heterocycles. The standard InChI is InChI=1S/C12H19N3S2.C2H2O4/c1-2-6-16-12-11(13-17-14-12)10-8-15-5-3-4-9(10)7-15;3-1(4)2(5)6/h9-10H,2-8H2,1H3;(H,3,4)(H,5,6)/t9-,10-;/m0./s1. The fraction of sp³-hybridized carbons (Fsp3) is 0.714. The van der Waals surface area contributed by atoms with E-state index in [0.717, 1.165) is 5.92 Å². The average Bonchev–Trinajstić information content (AvgIpc) is 3.09. The van der Waals surface area contributed by atoms with Crippen molar-refractivity contribution >= 4 is 35.4 Å². The van der Waals surface area contributed by atoms with Gasteiger partial charge >= 0.3 is 11.9 Å². The van der Waals surface area contributed by atoms with Gasteiger partial charge in [-0.05, 0) is 37.5 Å². The highest BCUT2D eigenvalue weighted by molar-refractivity contribution is 7.99. The first kappa shape index (κ1) is 18.2. The number of fused-ring (bicyclic) bond motifs is 2. The smallest absolute Gasteiger partial charge is 0.414 e. The molecule has 0 spiro atoms. The summed E-state index contributed by atoms with van der Waals surface area (Å²) in [6.07, 6.45) is 3.97. The summed E-state index contributed by atoms with van der Waals surface area (Å²) >= 11 is 3.29. The summed E-state index contributed by atoms with van der Waals surface area (Å²) in [6.45, 7) is 6.03. The highest BCUT2D eigenvalue weighted by Gasteiger charge is 2.38. The third kappa shape index (κ3) is 4.89. The third-order valence-electron chi connectivity index (χ3n) is 4.02. The molecule has 1 aromatic rings. The zero-order valence-corrected chi connectivity index (χ0v) is 14.6. The summed E-state index contributed by atoms with van der Waals surface area (Å²) in [6, 6.07) is 0. The Balaban J connectivity index is 0.000000277. The Morgan fingerprint density at radius 2 is 2.04 bits per heavy atom. The summed E-state index contributed by atoms with van der Waals surface area (Å²) in [7, 11) is 0. The molecule has 0 aromatic carbocycles. The molecule has 2 bridgehead atoms. The minimum absolute atomic E-state index is 0.663. The maximum absolute atomic E-state index is 9.10. The van der Waals surface area contributed by atoms with Gasteiger partial charge in [0.15, 0.2) is 0 Å². The molecule has 0 amide bonds. The SMILES string of the molecule is CCCSc1nsnc1[C@H]1CN2CCC[C@H]1C2.O=C(O)C(=O)O. The number of thioether (sulfide) groups is 1. The van der Waals surface area contributed by atoms with E-state index >= 15 is 0 Å². The van der Waals surface area contributed by atoms with Gasteiger partial charge in [-0.1, -0.05) is 6.92 Å². The van der Waals surface area contributed by atoms with E-state index in [1.54, 1.807) is 0 Å². The molecule has 2 saturated heterocycles. The van der Waals surface area contributed by atoms with Gasteiger partial charge in [-0.25, -0.2) is 9.59 Å². The van der Waals surface area contributed by atoms with E-state index < -0.39 is 11.9 Å². The second kappa shape index (κ2) is 8.60. The molecule has 2 N–H and O–H groups in total. The first-order valence-corrected chi connectivity index (χ1v) is 9.38. The van der Waals surface area contributed by atoms with Crippen LogP contribution in [0.4, 0.5) is 0 Å². The molecule has 3 atom stereocenters. The minimum Gasteiger partial charge on any atom is -0.473 e. The number of piperidine rings is 1. The summed E-state index contributed by atoms with van der Waals surface area (Å²) in [5.41, 5.74) is 1.31. The predicted octanol–water partition coefficient (Wildman–Crippen LogP) is 2.00. The quantitative estimate of drug-likeness (QED) is 0.621. The topological polar surface area (TPSA) is 104 Å². The van der Waals surface area contributed by atoms with E-state index in [0.29, 0.717) is 5.92 Å². The molecule has 23 heavy (non-hydrogen) atoms. The number of carboxylic acids is 2. The second-order valence-corrected chi connectivity index (χ2v) is 7.29. The van der Waals surface area contributed by atoms with Gasteiger partial charge in [-0.2, -0.15) is 8.75 Å². The monoisotopic (exact) mass is 359 g/mol. The average molecular weight is 359 g/mol. The minimum atomic E-state index is -1.82. The van der Waals surface area contributed by atoms with Crippen molar-refractivity contribution in [3.63, 3.8) is 0 Å².